The number of nitrogens with zero attached hydrogens (tertiary/aromatic N) is 2. The third-order valence-corrected chi connectivity index (χ3v) is 6.73. The van der Waals surface area contributed by atoms with Crippen LogP contribution in [0.2, 0.25) is 0 Å². The third-order valence-electron chi connectivity index (χ3n) is 6.73. The van der Waals surface area contributed by atoms with E-state index >= 15 is 0 Å². The lowest BCUT2D eigenvalue weighted by Gasteiger charge is -2.31. The van der Waals surface area contributed by atoms with Gasteiger partial charge in [0.2, 0.25) is 5.91 Å². The summed E-state index contributed by atoms with van der Waals surface area (Å²) in [5.41, 5.74) is 4.34. The standard InChI is InChI=1S/C24H35N3O/c1-3-13-27-17-19-16-21(15-18-8-7-11-22(27)24(18)19)26(2)14-12-23(28)25-20-9-5-4-6-10-20/h7-8,11,17,20-21H,3-6,9-10,12-16H2,1-2H3,(H,25,28)/t21-/m1/s1. The first-order chi connectivity index (χ1) is 13.7. The van der Waals surface area contributed by atoms with Crippen LogP contribution in [0.4, 0.5) is 0 Å². The largest absolute Gasteiger partial charge is 0.353 e. The first-order valence-corrected chi connectivity index (χ1v) is 11.2. The van der Waals surface area contributed by atoms with Crippen molar-refractivity contribution in [1.29, 1.82) is 0 Å². The van der Waals surface area contributed by atoms with Crippen LogP contribution in [-0.4, -0.2) is 41.1 Å². The molecule has 0 aliphatic heterocycles. The van der Waals surface area contributed by atoms with E-state index in [1.165, 1.54) is 41.3 Å². The van der Waals surface area contributed by atoms with Crippen LogP contribution in [0.3, 0.4) is 0 Å². The Hall–Kier alpha value is -1.81. The van der Waals surface area contributed by atoms with E-state index < -0.39 is 0 Å². The van der Waals surface area contributed by atoms with Crippen LogP contribution in [-0.2, 0) is 24.2 Å². The average molecular weight is 382 g/mol. The molecule has 1 aromatic carbocycles. The number of aryl methyl sites for hydroxylation is 1. The van der Waals surface area contributed by atoms with Gasteiger partial charge >= 0.3 is 0 Å². The van der Waals surface area contributed by atoms with Crippen molar-refractivity contribution in [2.75, 3.05) is 13.6 Å². The maximum absolute atomic E-state index is 12.4. The molecule has 1 heterocycles. The molecule has 28 heavy (non-hydrogen) atoms. The van der Waals surface area contributed by atoms with Gasteiger partial charge in [0.1, 0.15) is 0 Å². The SMILES string of the molecule is CCCn1cc2c3c(cccc31)C[C@@H](N(C)CCC(=O)NC1CCCCC1)C2. The number of amides is 1. The Morgan fingerprint density at radius 1 is 1.18 bits per heavy atom. The van der Waals surface area contributed by atoms with Crippen molar-refractivity contribution < 1.29 is 4.79 Å². The Kier molecular flexibility index (Phi) is 6.05. The van der Waals surface area contributed by atoms with E-state index in [1.807, 2.05) is 0 Å². The monoisotopic (exact) mass is 381 g/mol. The lowest BCUT2D eigenvalue weighted by Crippen LogP contribution is -2.41. The van der Waals surface area contributed by atoms with Gasteiger partial charge in [-0.1, -0.05) is 38.3 Å². The van der Waals surface area contributed by atoms with E-state index in [0.29, 0.717) is 18.5 Å². The minimum Gasteiger partial charge on any atom is -0.353 e. The molecule has 1 fully saturated rings. The Balaban J connectivity index is 1.36. The zero-order chi connectivity index (χ0) is 19.5. The molecule has 2 aliphatic carbocycles. The Morgan fingerprint density at radius 2 is 1.96 bits per heavy atom. The number of hydrogen-bond acceptors (Lipinski definition) is 2. The normalized spacial score (nSPS) is 20.0. The van der Waals surface area contributed by atoms with Crippen LogP contribution in [0, 0.1) is 0 Å². The van der Waals surface area contributed by atoms with Gasteiger partial charge in [-0.2, -0.15) is 0 Å². The van der Waals surface area contributed by atoms with Gasteiger partial charge in [-0.25, -0.2) is 0 Å². The summed E-state index contributed by atoms with van der Waals surface area (Å²) in [7, 11) is 2.19. The summed E-state index contributed by atoms with van der Waals surface area (Å²) in [6.45, 7) is 4.16. The second kappa shape index (κ2) is 8.69. The lowest BCUT2D eigenvalue weighted by atomic mass is 9.88. The molecule has 1 amide bonds. The van der Waals surface area contributed by atoms with Crippen LogP contribution in [0.25, 0.3) is 10.9 Å². The highest BCUT2D eigenvalue weighted by molar-refractivity contribution is 5.88. The number of hydrogen-bond donors (Lipinski definition) is 1. The van der Waals surface area contributed by atoms with Gasteiger partial charge in [-0.15, -0.1) is 0 Å². The number of nitrogens with one attached hydrogen (secondary N) is 1. The molecule has 0 unspecified atom stereocenters. The highest BCUT2D eigenvalue weighted by atomic mass is 16.1. The highest BCUT2D eigenvalue weighted by Gasteiger charge is 2.26. The molecule has 0 radical (unpaired) electrons. The fraction of sp³-hybridized carbons (Fsp3) is 0.625. The van der Waals surface area contributed by atoms with Crippen molar-refractivity contribution in [3.05, 3.63) is 35.5 Å². The van der Waals surface area contributed by atoms with Crippen molar-refractivity contribution in [1.82, 2.24) is 14.8 Å². The molecule has 2 aromatic rings. The maximum Gasteiger partial charge on any atom is 0.221 e. The zero-order valence-corrected chi connectivity index (χ0v) is 17.5. The van der Waals surface area contributed by atoms with Crippen molar-refractivity contribution in [2.24, 2.45) is 0 Å². The summed E-state index contributed by atoms with van der Waals surface area (Å²) in [5.74, 6) is 0.228. The summed E-state index contributed by atoms with van der Waals surface area (Å²) in [6.07, 6.45) is 12.5. The number of benzene rings is 1. The predicted octanol–water partition coefficient (Wildman–Crippen LogP) is 4.29. The van der Waals surface area contributed by atoms with E-state index in [1.54, 1.807) is 0 Å². The van der Waals surface area contributed by atoms with E-state index in [9.17, 15) is 4.79 Å². The Bertz CT molecular complexity index is 819. The van der Waals surface area contributed by atoms with Gasteiger partial charge in [0.25, 0.3) is 0 Å². The first-order valence-electron chi connectivity index (χ1n) is 11.2. The third kappa shape index (κ3) is 4.12. The van der Waals surface area contributed by atoms with Gasteiger partial charge in [-0.05, 0) is 56.3 Å². The molecule has 4 nitrogen and oxygen atoms in total. The number of rotatable bonds is 7. The van der Waals surface area contributed by atoms with Gasteiger partial charge in [0, 0.05) is 48.7 Å². The molecule has 0 bridgehead atoms. The summed E-state index contributed by atoms with van der Waals surface area (Å²) in [5, 5.41) is 4.74. The number of carbonyl (C=O) groups excluding carboxylic acids is 1. The van der Waals surface area contributed by atoms with Gasteiger partial charge in [0.15, 0.2) is 0 Å². The molecule has 1 aromatic heterocycles. The second-order valence-corrected chi connectivity index (χ2v) is 8.85. The molecular formula is C24H35N3O. The number of likely N-dealkylation sites (N-methyl/N-ethyl adjacent to an activating group) is 1. The molecule has 152 valence electrons. The van der Waals surface area contributed by atoms with Crippen LogP contribution in [0.5, 0.6) is 0 Å². The summed E-state index contributed by atoms with van der Waals surface area (Å²) >= 11 is 0. The molecule has 2 aliphatic rings. The zero-order valence-electron chi connectivity index (χ0n) is 17.5. The molecule has 0 saturated heterocycles. The average Bonchev–Trinajstić information content (AvgIpc) is 3.06. The van der Waals surface area contributed by atoms with Gasteiger partial charge in [0.05, 0.1) is 0 Å². The van der Waals surface area contributed by atoms with Crippen LogP contribution >= 0.6 is 0 Å². The molecule has 4 heteroatoms. The van der Waals surface area contributed by atoms with E-state index in [4.69, 9.17) is 0 Å². The minimum atomic E-state index is 0.228. The fourth-order valence-electron chi connectivity index (χ4n) is 5.17. The molecule has 1 saturated carbocycles. The van der Waals surface area contributed by atoms with Crippen LogP contribution < -0.4 is 5.32 Å². The van der Waals surface area contributed by atoms with Crippen LogP contribution in [0.1, 0.15) is 63.0 Å². The first kappa shape index (κ1) is 19.5. The van der Waals surface area contributed by atoms with E-state index in [0.717, 1.165) is 45.2 Å². The summed E-state index contributed by atoms with van der Waals surface area (Å²) in [6, 6.07) is 7.65. The number of carbonyl (C=O) groups is 1. The topological polar surface area (TPSA) is 37.3 Å². The highest BCUT2D eigenvalue weighted by Crippen LogP contribution is 2.33. The van der Waals surface area contributed by atoms with Crippen molar-refractivity contribution >= 4 is 16.8 Å². The van der Waals surface area contributed by atoms with Crippen LogP contribution in [0.15, 0.2) is 24.4 Å². The van der Waals surface area contributed by atoms with E-state index in [-0.39, 0.29) is 5.91 Å². The minimum absolute atomic E-state index is 0.228. The van der Waals surface area contributed by atoms with Gasteiger partial charge < -0.3 is 14.8 Å². The quantitative estimate of drug-likeness (QED) is 0.777. The smallest absolute Gasteiger partial charge is 0.221 e. The molecular weight excluding hydrogens is 346 g/mol. The molecule has 1 atom stereocenters. The lowest BCUT2D eigenvalue weighted by molar-refractivity contribution is -0.122. The fourth-order valence-corrected chi connectivity index (χ4v) is 5.17. The second-order valence-electron chi connectivity index (χ2n) is 8.85. The predicted molar refractivity (Wildman–Crippen MR) is 116 cm³/mol. The number of aromatic nitrogens is 1. The van der Waals surface area contributed by atoms with Crippen molar-refractivity contribution in [2.45, 2.75) is 83.3 Å². The van der Waals surface area contributed by atoms with Crippen molar-refractivity contribution in [3.63, 3.8) is 0 Å². The van der Waals surface area contributed by atoms with E-state index in [2.05, 4.69) is 53.2 Å². The molecule has 0 spiro atoms. The van der Waals surface area contributed by atoms with Gasteiger partial charge in [-0.3, -0.25) is 4.79 Å². The van der Waals surface area contributed by atoms with Crippen molar-refractivity contribution in [3.8, 4) is 0 Å². The maximum atomic E-state index is 12.4. The summed E-state index contributed by atoms with van der Waals surface area (Å²) < 4.78 is 2.42. The molecule has 1 N–H and O–H groups in total. The Morgan fingerprint density at radius 3 is 2.75 bits per heavy atom. The summed E-state index contributed by atoms with van der Waals surface area (Å²) in [4.78, 5) is 14.8. The molecule has 4 rings (SSSR count). The Labute approximate surface area is 169 Å².